The standard InChI is InChI=1S/C9H8BrN.H2O/c1-6-5-11-9-7(6)3-2-4-8(9)10;/h2-5,11H,1H3;1H2. The maximum Gasteiger partial charge on any atom is 0.0601 e. The summed E-state index contributed by atoms with van der Waals surface area (Å²) in [6.45, 7) is 2.10. The van der Waals surface area contributed by atoms with Gasteiger partial charge in [-0.05, 0) is 34.5 Å². The molecule has 0 amide bonds. The van der Waals surface area contributed by atoms with Crippen molar-refractivity contribution in [3.63, 3.8) is 0 Å². The number of hydrogen-bond acceptors (Lipinski definition) is 0. The van der Waals surface area contributed by atoms with Gasteiger partial charge in [-0.1, -0.05) is 12.1 Å². The fourth-order valence-corrected chi connectivity index (χ4v) is 1.74. The molecule has 0 aliphatic carbocycles. The van der Waals surface area contributed by atoms with Gasteiger partial charge in [0.2, 0.25) is 0 Å². The van der Waals surface area contributed by atoms with Crippen LogP contribution in [0.5, 0.6) is 0 Å². The number of aromatic amines is 1. The van der Waals surface area contributed by atoms with E-state index < -0.39 is 0 Å². The summed E-state index contributed by atoms with van der Waals surface area (Å²) in [6, 6.07) is 6.21. The highest BCUT2D eigenvalue weighted by Gasteiger charge is 2.00. The molecule has 2 aromatic rings. The minimum atomic E-state index is 0. The Morgan fingerprint density at radius 1 is 1.33 bits per heavy atom. The molecule has 64 valence electrons. The predicted molar refractivity (Wildman–Crippen MR) is 54.3 cm³/mol. The van der Waals surface area contributed by atoms with Crippen molar-refractivity contribution in [1.29, 1.82) is 0 Å². The molecule has 3 N–H and O–H groups in total. The zero-order valence-corrected chi connectivity index (χ0v) is 8.27. The van der Waals surface area contributed by atoms with Gasteiger partial charge in [0, 0.05) is 16.1 Å². The molecule has 0 fully saturated rings. The molecule has 0 atom stereocenters. The van der Waals surface area contributed by atoms with Gasteiger partial charge in [0.05, 0.1) is 5.52 Å². The van der Waals surface area contributed by atoms with Gasteiger partial charge in [0.1, 0.15) is 0 Å². The van der Waals surface area contributed by atoms with Gasteiger partial charge in [-0.25, -0.2) is 0 Å². The van der Waals surface area contributed by atoms with Crippen LogP contribution >= 0.6 is 15.9 Å². The lowest BCUT2D eigenvalue weighted by molar-refractivity contribution is 0.824. The van der Waals surface area contributed by atoms with Gasteiger partial charge in [-0.2, -0.15) is 0 Å². The Labute approximate surface area is 79.0 Å². The number of aromatic nitrogens is 1. The van der Waals surface area contributed by atoms with Crippen LogP contribution in [0.3, 0.4) is 0 Å². The second kappa shape index (κ2) is 3.29. The first-order chi connectivity index (χ1) is 5.29. The third-order valence-corrected chi connectivity index (χ3v) is 2.53. The van der Waals surface area contributed by atoms with E-state index in [1.54, 1.807) is 0 Å². The first-order valence-electron chi connectivity index (χ1n) is 3.51. The second-order valence-corrected chi connectivity index (χ2v) is 3.49. The van der Waals surface area contributed by atoms with Crippen molar-refractivity contribution >= 4 is 26.8 Å². The molecule has 12 heavy (non-hydrogen) atoms. The number of aryl methyl sites for hydroxylation is 1. The molecule has 0 aliphatic rings. The zero-order valence-electron chi connectivity index (χ0n) is 6.69. The lowest BCUT2D eigenvalue weighted by atomic mass is 10.2. The molecule has 1 aromatic carbocycles. The van der Waals surface area contributed by atoms with Crippen molar-refractivity contribution in [2.45, 2.75) is 6.92 Å². The van der Waals surface area contributed by atoms with Gasteiger partial charge < -0.3 is 10.5 Å². The molecule has 0 aliphatic heterocycles. The van der Waals surface area contributed by atoms with Crippen LogP contribution in [0, 0.1) is 6.92 Å². The van der Waals surface area contributed by atoms with Crippen LogP contribution in [-0.2, 0) is 0 Å². The molecule has 2 rings (SSSR count). The highest BCUT2D eigenvalue weighted by Crippen LogP contribution is 2.24. The third-order valence-electron chi connectivity index (χ3n) is 1.87. The molecule has 0 saturated heterocycles. The molecular weight excluding hydrogens is 218 g/mol. The highest BCUT2D eigenvalue weighted by molar-refractivity contribution is 9.10. The number of rotatable bonds is 0. The van der Waals surface area contributed by atoms with Crippen LogP contribution in [0.2, 0.25) is 0 Å². The van der Waals surface area contributed by atoms with Crippen molar-refractivity contribution in [3.8, 4) is 0 Å². The molecule has 1 aromatic heterocycles. The van der Waals surface area contributed by atoms with Gasteiger partial charge >= 0.3 is 0 Å². The highest BCUT2D eigenvalue weighted by atomic mass is 79.9. The average Bonchev–Trinajstić information content (AvgIpc) is 2.35. The van der Waals surface area contributed by atoms with Crippen molar-refractivity contribution in [1.82, 2.24) is 4.98 Å². The molecular formula is C9H10BrNO. The lowest BCUT2D eigenvalue weighted by Crippen LogP contribution is -1.69. The molecule has 0 radical (unpaired) electrons. The van der Waals surface area contributed by atoms with Crippen molar-refractivity contribution in [3.05, 3.63) is 34.4 Å². The smallest absolute Gasteiger partial charge is 0.0601 e. The fraction of sp³-hybridized carbons (Fsp3) is 0.111. The van der Waals surface area contributed by atoms with E-state index in [0.717, 1.165) is 4.47 Å². The van der Waals surface area contributed by atoms with E-state index in [1.165, 1.54) is 16.5 Å². The number of fused-ring (bicyclic) bond motifs is 1. The summed E-state index contributed by atoms with van der Waals surface area (Å²) in [5, 5.41) is 1.29. The molecule has 0 unspecified atom stereocenters. The largest absolute Gasteiger partial charge is 0.412 e. The van der Waals surface area contributed by atoms with E-state index in [1.807, 2.05) is 18.3 Å². The number of halogens is 1. The lowest BCUT2D eigenvalue weighted by Gasteiger charge is -1.92. The van der Waals surface area contributed by atoms with E-state index in [-0.39, 0.29) is 5.48 Å². The Bertz CT molecular complexity index is 394. The zero-order chi connectivity index (χ0) is 7.84. The molecule has 0 bridgehead atoms. The van der Waals surface area contributed by atoms with E-state index >= 15 is 0 Å². The summed E-state index contributed by atoms with van der Waals surface area (Å²) in [5.74, 6) is 0. The second-order valence-electron chi connectivity index (χ2n) is 2.63. The number of benzene rings is 1. The molecule has 2 nitrogen and oxygen atoms in total. The SMILES string of the molecule is Cc1c[nH]c2c(Br)cccc12.O. The Hall–Kier alpha value is -0.800. The Balaban J connectivity index is 0.000000720. The van der Waals surface area contributed by atoms with Crippen molar-refractivity contribution in [2.24, 2.45) is 0 Å². The van der Waals surface area contributed by atoms with Crippen LogP contribution < -0.4 is 0 Å². The van der Waals surface area contributed by atoms with Crippen molar-refractivity contribution in [2.75, 3.05) is 0 Å². The van der Waals surface area contributed by atoms with E-state index in [2.05, 4.69) is 33.9 Å². The number of para-hydroxylation sites is 1. The summed E-state index contributed by atoms with van der Waals surface area (Å²) < 4.78 is 1.13. The van der Waals surface area contributed by atoms with Crippen LogP contribution in [0.15, 0.2) is 28.9 Å². The fourth-order valence-electron chi connectivity index (χ4n) is 1.26. The van der Waals surface area contributed by atoms with Crippen LogP contribution in [0.4, 0.5) is 0 Å². The molecule has 1 heterocycles. The Morgan fingerprint density at radius 2 is 2.08 bits per heavy atom. The third kappa shape index (κ3) is 1.26. The average molecular weight is 228 g/mol. The molecule has 3 heteroatoms. The van der Waals surface area contributed by atoms with Crippen LogP contribution in [0.25, 0.3) is 10.9 Å². The Kier molecular flexibility index (Phi) is 2.55. The summed E-state index contributed by atoms with van der Waals surface area (Å²) in [6.07, 6.45) is 2.02. The Morgan fingerprint density at radius 3 is 2.75 bits per heavy atom. The van der Waals surface area contributed by atoms with Crippen LogP contribution in [0.1, 0.15) is 5.56 Å². The quantitative estimate of drug-likeness (QED) is 0.719. The molecule has 0 spiro atoms. The number of nitrogens with one attached hydrogen (secondary N) is 1. The maximum atomic E-state index is 3.48. The first-order valence-corrected chi connectivity index (χ1v) is 4.30. The van der Waals surface area contributed by atoms with Crippen molar-refractivity contribution < 1.29 is 5.48 Å². The summed E-state index contributed by atoms with van der Waals surface area (Å²) in [7, 11) is 0. The summed E-state index contributed by atoms with van der Waals surface area (Å²) >= 11 is 3.48. The monoisotopic (exact) mass is 227 g/mol. The first kappa shape index (κ1) is 9.29. The van der Waals surface area contributed by atoms with E-state index in [4.69, 9.17) is 0 Å². The summed E-state index contributed by atoms with van der Waals surface area (Å²) in [4.78, 5) is 3.21. The maximum absolute atomic E-state index is 3.48. The predicted octanol–water partition coefficient (Wildman–Crippen LogP) is 2.41. The van der Waals surface area contributed by atoms with Crippen LogP contribution in [-0.4, -0.2) is 10.5 Å². The van der Waals surface area contributed by atoms with Gasteiger partial charge in [-0.15, -0.1) is 0 Å². The minimum Gasteiger partial charge on any atom is -0.412 e. The number of H-pyrrole nitrogens is 1. The normalized spacial score (nSPS) is 9.83. The van der Waals surface area contributed by atoms with Gasteiger partial charge in [0.15, 0.2) is 0 Å². The van der Waals surface area contributed by atoms with Gasteiger partial charge in [-0.3, -0.25) is 0 Å². The topological polar surface area (TPSA) is 47.3 Å². The minimum absolute atomic E-state index is 0. The van der Waals surface area contributed by atoms with Gasteiger partial charge in [0.25, 0.3) is 0 Å². The summed E-state index contributed by atoms with van der Waals surface area (Å²) in [5.41, 5.74) is 2.48. The number of hydrogen-bond donors (Lipinski definition) is 1. The molecule has 0 saturated carbocycles. The van der Waals surface area contributed by atoms with E-state index in [9.17, 15) is 0 Å². The van der Waals surface area contributed by atoms with E-state index in [0.29, 0.717) is 0 Å².